The molecule has 1 atom stereocenters. The number of anilines is 3. The van der Waals surface area contributed by atoms with Crippen LogP contribution >= 0.6 is 11.3 Å². The predicted molar refractivity (Wildman–Crippen MR) is 267 cm³/mol. The number of hydrogen-bond acceptors (Lipinski definition) is 3. The Labute approximate surface area is 376 Å². The van der Waals surface area contributed by atoms with E-state index in [1.165, 1.54) is 81.0 Å². The normalized spacial score (nSPS) is 13.6. The van der Waals surface area contributed by atoms with Gasteiger partial charge in [0.1, 0.15) is 11.5 Å². The summed E-state index contributed by atoms with van der Waals surface area (Å²) >= 11 is 1.88. The molecule has 0 saturated heterocycles. The van der Waals surface area contributed by atoms with Gasteiger partial charge in [-0.05, 0) is 105 Å². The predicted octanol–water partition coefficient (Wildman–Crippen LogP) is 16.5. The Hall–Kier alpha value is -7.72. The van der Waals surface area contributed by atoms with Gasteiger partial charge >= 0.3 is 0 Å². The fourth-order valence-corrected chi connectivity index (χ4v) is 12.2. The molecule has 0 fully saturated rings. The zero-order chi connectivity index (χ0) is 42.2. The van der Waals surface area contributed by atoms with Crippen molar-refractivity contribution in [1.29, 1.82) is 0 Å². The van der Waals surface area contributed by atoms with E-state index in [9.17, 15) is 0 Å². The number of nitrogens with zero attached hydrogens (tertiary/aromatic N) is 1. The van der Waals surface area contributed by atoms with Gasteiger partial charge in [-0.3, -0.25) is 0 Å². The Bertz CT molecular complexity index is 3490. The zero-order valence-corrected chi connectivity index (χ0v) is 35.8. The number of rotatable bonds is 7. The van der Waals surface area contributed by atoms with Gasteiger partial charge in [-0.15, -0.1) is 11.3 Å². The number of benzene rings is 10. The molecule has 2 aliphatic rings. The summed E-state index contributed by atoms with van der Waals surface area (Å²) in [5.41, 5.74) is 14.2. The Balaban J connectivity index is 0.994. The molecule has 0 bridgehead atoms. The third-order valence-electron chi connectivity index (χ3n) is 13.7. The van der Waals surface area contributed by atoms with Crippen molar-refractivity contribution in [2.24, 2.45) is 0 Å². The first-order chi connectivity index (χ1) is 31.7. The van der Waals surface area contributed by atoms with E-state index in [1.54, 1.807) is 0 Å². The molecule has 13 rings (SSSR count). The average Bonchev–Trinajstić information content (AvgIpc) is 3.87. The van der Waals surface area contributed by atoms with E-state index in [0.29, 0.717) is 0 Å². The van der Waals surface area contributed by atoms with Crippen LogP contribution in [0.15, 0.2) is 231 Å². The first kappa shape index (κ1) is 36.9. The first-order valence-electron chi connectivity index (χ1n) is 22.2. The summed E-state index contributed by atoms with van der Waals surface area (Å²) in [5.74, 6) is 1.88. The van der Waals surface area contributed by atoms with Gasteiger partial charge in [0.15, 0.2) is 0 Å². The Morgan fingerprint density at radius 3 is 1.70 bits per heavy atom. The number of fused-ring (bicyclic) bond motifs is 13. The molecule has 1 aliphatic heterocycles. The van der Waals surface area contributed by atoms with Crippen LogP contribution in [-0.2, 0) is 11.8 Å². The van der Waals surface area contributed by atoms with E-state index < -0.39 is 5.41 Å². The third kappa shape index (κ3) is 5.57. The smallest absolute Gasteiger partial charge is 0.136 e. The van der Waals surface area contributed by atoms with Crippen molar-refractivity contribution in [1.82, 2.24) is 0 Å². The second kappa shape index (κ2) is 14.7. The Kier molecular flexibility index (Phi) is 8.47. The second-order valence-electron chi connectivity index (χ2n) is 17.1. The quantitative estimate of drug-likeness (QED) is 0.159. The minimum atomic E-state index is -0.553. The van der Waals surface area contributed by atoms with E-state index in [2.05, 4.69) is 235 Å². The lowest BCUT2D eigenvalue weighted by molar-refractivity contribution is 0.429. The highest BCUT2D eigenvalue weighted by molar-refractivity contribution is 7.25. The largest absolute Gasteiger partial charge is 0.456 e. The summed E-state index contributed by atoms with van der Waals surface area (Å²) in [6, 6.07) is 84.6. The van der Waals surface area contributed by atoms with Crippen molar-refractivity contribution < 1.29 is 4.74 Å². The number of ether oxygens (including phenoxy) is 1. The third-order valence-corrected chi connectivity index (χ3v) is 14.8. The lowest BCUT2D eigenvalue weighted by Crippen LogP contribution is -2.33. The van der Waals surface area contributed by atoms with Crippen LogP contribution in [0.1, 0.15) is 44.9 Å². The van der Waals surface area contributed by atoms with Gasteiger partial charge in [0, 0.05) is 59.8 Å². The first-order valence-corrected chi connectivity index (χ1v) is 23.0. The molecule has 0 radical (unpaired) electrons. The van der Waals surface area contributed by atoms with Crippen molar-refractivity contribution >= 4 is 59.3 Å². The van der Waals surface area contributed by atoms with Crippen LogP contribution in [0, 0.1) is 0 Å². The van der Waals surface area contributed by atoms with Crippen molar-refractivity contribution in [3.05, 3.63) is 269 Å². The molecule has 1 aromatic heterocycles. The standard InChI is InChI=1S/C61H41NOS/c1-4-18-41(19-5-1)51(36-40-32-34-49-50-35-33-45(39-58(50)64-57(49)37-40)62(43-21-6-2-7-22-43)44-23-8-3-9-24-44)59-46-25-11-10-20-42(46)38-55-60(59)63-56-31-17-16-30-54(56)61(55)52-28-14-12-26-47(52)48-27-13-15-29-53(48)61/h1-35,37-39,51H,36H2. The SMILES string of the molecule is c1ccc(C(Cc2ccc3c(c2)sc2cc(N(c4ccccc4)c4ccccc4)ccc23)c2c3c(cc4ccccc24)C2(c4ccccc4O3)c3ccccc3-c3ccccc32)cc1. The Morgan fingerprint density at radius 2 is 1.00 bits per heavy atom. The maximum absolute atomic E-state index is 7.38. The highest BCUT2D eigenvalue weighted by atomic mass is 32.1. The molecule has 0 N–H and O–H groups in total. The summed E-state index contributed by atoms with van der Waals surface area (Å²) in [6.45, 7) is 0. The van der Waals surface area contributed by atoms with Crippen molar-refractivity contribution in [3.8, 4) is 22.6 Å². The van der Waals surface area contributed by atoms with Crippen LogP contribution in [0.4, 0.5) is 17.1 Å². The molecule has 11 aromatic rings. The lowest BCUT2D eigenvalue weighted by Gasteiger charge is -2.41. The van der Waals surface area contributed by atoms with E-state index in [0.717, 1.165) is 35.0 Å². The minimum Gasteiger partial charge on any atom is -0.456 e. The van der Waals surface area contributed by atoms with Crippen LogP contribution in [0.2, 0.25) is 0 Å². The topological polar surface area (TPSA) is 12.5 Å². The number of thiophene rings is 1. The minimum absolute atomic E-state index is 0.000938. The second-order valence-corrected chi connectivity index (χ2v) is 18.2. The molecule has 10 aromatic carbocycles. The van der Waals surface area contributed by atoms with Gasteiger partial charge in [-0.25, -0.2) is 0 Å². The van der Waals surface area contributed by atoms with Crippen LogP contribution in [-0.4, -0.2) is 0 Å². The summed E-state index contributed by atoms with van der Waals surface area (Å²) in [4.78, 5) is 2.35. The monoisotopic (exact) mass is 835 g/mol. The molecule has 1 unspecified atom stereocenters. The van der Waals surface area contributed by atoms with E-state index in [-0.39, 0.29) is 5.92 Å². The molecular weight excluding hydrogens is 795 g/mol. The highest BCUT2D eigenvalue weighted by Gasteiger charge is 2.52. The maximum Gasteiger partial charge on any atom is 0.136 e. The molecule has 0 saturated carbocycles. The molecule has 3 heteroatoms. The molecule has 64 heavy (non-hydrogen) atoms. The van der Waals surface area contributed by atoms with Crippen molar-refractivity contribution in [3.63, 3.8) is 0 Å². The molecule has 0 amide bonds. The molecule has 1 aliphatic carbocycles. The fourth-order valence-electron chi connectivity index (χ4n) is 11.0. The molecule has 1 spiro atoms. The van der Waals surface area contributed by atoms with E-state index >= 15 is 0 Å². The van der Waals surface area contributed by atoms with Gasteiger partial charge in [0.05, 0.1) is 5.41 Å². The van der Waals surface area contributed by atoms with Crippen molar-refractivity contribution in [2.75, 3.05) is 4.90 Å². The van der Waals surface area contributed by atoms with Gasteiger partial charge in [0.25, 0.3) is 0 Å². The summed E-state index contributed by atoms with van der Waals surface area (Å²) in [6.07, 6.45) is 0.806. The van der Waals surface area contributed by atoms with Crippen LogP contribution in [0.25, 0.3) is 42.1 Å². The highest BCUT2D eigenvalue weighted by Crippen LogP contribution is 2.64. The summed E-state index contributed by atoms with van der Waals surface area (Å²) in [7, 11) is 0. The maximum atomic E-state index is 7.38. The number of hydrogen-bond donors (Lipinski definition) is 0. The number of para-hydroxylation sites is 3. The fraction of sp³-hybridized carbons (Fsp3) is 0.0492. The van der Waals surface area contributed by atoms with Crippen LogP contribution < -0.4 is 9.64 Å². The molecule has 2 heterocycles. The summed E-state index contributed by atoms with van der Waals surface area (Å²) in [5, 5.41) is 5.02. The van der Waals surface area contributed by atoms with Crippen molar-refractivity contribution in [2.45, 2.75) is 17.8 Å². The van der Waals surface area contributed by atoms with Gasteiger partial charge in [-0.1, -0.05) is 176 Å². The average molecular weight is 836 g/mol. The zero-order valence-electron chi connectivity index (χ0n) is 35.0. The van der Waals surface area contributed by atoms with E-state index in [4.69, 9.17) is 4.74 Å². The summed E-state index contributed by atoms with van der Waals surface area (Å²) < 4.78 is 9.95. The lowest BCUT2D eigenvalue weighted by atomic mass is 9.64. The molecular formula is C61H41NOS. The molecule has 2 nitrogen and oxygen atoms in total. The van der Waals surface area contributed by atoms with Gasteiger partial charge < -0.3 is 9.64 Å². The van der Waals surface area contributed by atoms with Crippen LogP contribution in [0.5, 0.6) is 11.5 Å². The van der Waals surface area contributed by atoms with Gasteiger partial charge in [0.2, 0.25) is 0 Å². The Morgan fingerprint density at radius 1 is 0.438 bits per heavy atom. The van der Waals surface area contributed by atoms with E-state index in [1.807, 2.05) is 11.3 Å². The molecule has 302 valence electrons. The van der Waals surface area contributed by atoms with Crippen LogP contribution in [0.3, 0.4) is 0 Å². The van der Waals surface area contributed by atoms with Gasteiger partial charge in [-0.2, -0.15) is 0 Å².